The molecule has 0 saturated carbocycles. The standard InChI is InChI=1S/C26H34N2O3/c1-26(2,3)22-11-13-23(14-12-22)31-19-7-10-24(29)27-15-17-28(18-16-27)25(30)20-21-8-5-4-6-9-21/h4-6,8-9,11-14H,7,10,15-20H2,1-3H3. The van der Waals surface area contributed by atoms with Gasteiger partial charge in [-0.3, -0.25) is 9.59 Å². The second-order valence-electron chi connectivity index (χ2n) is 9.15. The maximum absolute atomic E-state index is 12.5. The summed E-state index contributed by atoms with van der Waals surface area (Å²) in [5.41, 5.74) is 2.43. The lowest BCUT2D eigenvalue weighted by molar-refractivity contribution is -0.139. The highest BCUT2D eigenvalue weighted by Crippen LogP contribution is 2.24. The Balaban J connectivity index is 1.34. The molecule has 1 heterocycles. The quantitative estimate of drug-likeness (QED) is 0.633. The third-order valence-corrected chi connectivity index (χ3v) is 5.71. The van der Waals surface area contributed by atoms with Crippen molar-refractivity contribution in [1.82, 2.24) is 9.80 Å². The molecule has 1 aliphatic rings. The molecule has 0 spiro atoms. The number of amides is 2. The number of hydrogen-bond donors (Lipinski definition) is 0. The number of nitrogens with zero attached hydrogens (tertiary/aromatic N) is 2. The SMILES string of the molecule is CC(C)(C)c1ccc(OCCCC(=O)N2CCN(C(=O)Cc3ccccc3)CC2)cc1. The molecule has 0 aromatic heterocycles. The summed E-state index contributed by atoms with van der Waals surface area (Å²) in [5, 5.41) is 0. The minimum atomic E-state index is 0.126. The molecule has 1 fully saturated rings. The Morgan fingerprint density at radius 2 is 1.42 bits per heavy atom. The first-order chi connectivity index (χ1) is 14.8. The van der Waals surface area contributed by atoms with Crippen molar-refractivity contribution in [3.05, 3.63) is 65.7 Å². The fourth-order valence-corrected chi connectivity index (χ4v) is 3.71. The van der Waals surface area contributed by atoms with Gasteiger partial charge in [0, 0.05) is 32.6 Å². The van der Waals surface area contributed by atoms with Crippen molar-refractivity contribution in [1.29, 1.82) is 0 Å². The number of hydrogen-bond acceptors (Lipinski definition) is 3. The molecule has 5 heteroatoms. The molecule has 1 saturated heterocycles. The molecule has 31 heavy (non-hydrogen) atoms. The van der Waals surface area contributed by atoms with E-state index >= 15 is 0 Å². The van der Waals surface area contributed by atoms with Gasteiger partial charge < -0.3 is 14.5 Å². The van der Waals surface area contributed by atoms with Gasteiger partial charge in [-0.15, -0.1) is 0 Å². The first kappa shape index (κ1) is 22.9. The van der Waals surface area contributed by atoms with E-state index < -0.39 is 0 Å². The molecule has 0 bridgehead atoms. The molecule has 0 atom stereocenters. The minimum absolute atomic E-state index is 0.126. The molecule has 5 nitrogen and oxygen atoms in total. The molecule has 2 aromatic carbocycles. The Morgan fingerprint density at radius 1 is 0.839 bits per heavy atom. The maximum atomic E-state index is 12.5. The van der Waals surface area contributed by atoms with Crippen LogP contribution < -0.4 is 4.74 Å². The Bertz CT molecular complexity index is 848. The van der Waals surface area contributed by atoms with Gasteiger partial charge in [0.2, 0.25) is 11.8 Å². The van der Waals surface area contributed by atoms with Crippen LogP contribution in [0.4, 0.5) is 0 Å². The molecule has 2 amide bonds. The van der Waals surface area contributed by atoms with Gasteiger partial charge in [0.1, 0.15) is 5.75 Å². The highest BCUT2D eigenvalue weighted by molar-refractivity contribution is 5.80. The van der Waals surface area contributed by atoms with Gasteiger partial charge in [0.05, 0.1) is 13.0 Å². The van der Waals surface area contributed by atoms with E-state index in [1.165, 1.54) is 5.56 Å². The summed E-state index contributed by atoms with van der Waals surface area (Å²) in [6.07, 6.45) is 1.58. The Hall–Kier alpha value is -2.82. The van der Waals surface area contributed by atoms with E-state index in [9.17, 15) is 9.59 Å². The molecule has 0 N–H and O–H groups in total. The summed E-state index contributed by atoms with van der Waals surface area (Å²) in [4.78, 5) is 28.7. The zero-order chi connectivity index (χ0) is 22.3. The van der Waals surface area contributed by atoms with E-state index in [0.717, 1.165) is 11.3 Å². The third-order valence-electron chi connectivity index (χ3n) is 5.71. The van der Waals surface area contributed by atoms with Gasteiger partial charge in [0.25, 0.3) is 0 Å². The lowest BCUT2D eigenvalue weighted by Gasteiger charge is -2.35. The predicted octanol–water partition coefficient (Wildman–Crippen LogP) is 4.06. The first-order valence-corrected chi connectivity index (χ1v) is 11.2. The van der Waals surface area contributed by atoms with Gasteiger partial charge in [-0.2, -0.15) is 0 Å². The molecule has 2 aromatic rings. The van der Waals surface area contributed by atoms with Gasteiger partial charge in [-0.05, 0) is 35.1 Å². The summed E-state index contributed by atoms with van der Waals surface area (Å²) in [7, 11) is 0. The van der Waals surface area contributed by atoms with Crippen molar-refractivity contribution >= 4 is 11.8 Å². The van der Waals surface area contributed by atoms with E-state index in [-0.39, 0.29) is 17.2 Å². The third kappa shape index (κ3) is 6.84. The monoisotopic (exact) mass is 422 g/mol. The summed E-state index contributed by atoms with van der Waals surface area (Å²) in [6, 6.07) is 18.0. The molecule has 0 aliphatic carbocycles. The summed E-state index contributed by atoms with van der Waals surface area (Å²) in [6.45, 7) is 9.51. The molecule has 166 valence electrons. The van der Waals surface area contributed by atoms with Crippen molar-refractivity contribution in [3.8, 4) is 5.75 Å². The van der Waals surface area contributed by atoms with Gasteiger partial charge >= 0.3 is 0 Å². The van der Waals surface area contributed by atoms with Crippen molar-refractivity contribution in [3.63, 3.8) is 0 Å². The number of carbonyl (C=O) groups excluding carboxylic acids is 2. The number of rotatable bonds is 7. The lowest BCUT2D eigenvalue weighted by Crippen LogP contribution is -2.51. The number of carbonyl (C=O) groups is 2. The summed E-state index contributed by atoms with van der Waals surface area (Å²) in [5.74, 6) is 1.11. The predicted molar refractivity (Wildman–Crippen MR) is 123 cm³/mol. The zero-order valence-corrected chi connectivity index (χ0v) is 19.0. The topological polar surface area (TPSA) is 49.9 Å². The van der Waals surface area contributed by atoms with E-state index in [2.05, 4.69) is 32.9 Å². The smallest absolute Gasteiger partial charge is 0.227 e. The van der Waals surface area contributed by atoms with Crippen LogP contribution in [0.5, 0.6) is 5.75 Å². The Labute approximate surface area is 186 Å². The van der Waals surface area contributed by atoms with Crippen molar-refractivity contribution in [2.24, 2.45) is 0 Å². The van der Waals surface area contributed by atoms with Crippen LogP contribution in [0.15, 0.2) is 54.6 Å². The molecule has 1 aliphatic heterocycles. The van der Waals surface area contributed by atoms with Crippen LogP contribution in [-0.4, -0.2) is 54.4 Å². The van der Waals surface area contributed by atoms with Gasteiger partial charge in [-0.1, -0.05) is 63.2 Å². The largest absolute Gasteiger partial charge is 0.494 e. The van der Waals surface area contributed by atoms with E-state index in [1.54, 1.807) is 0 Å². The summed E-state index contributed by atoms with van der Waals surface area (Å²) < 4.78 is 5.79. The average Bonchev–Trinajstić information content (AvgIpc) is 2.77. The number of benzene rings is 2. The van der Waals surface area contributed by atoms with Crippen LogP contribution >= 0.6 is 0 Å². The fraction of sp³-hybridized carbons (Fsp3) is 0.462. The van der Waals surface area contributed by atoms with Crippen LogP contribution in [0, 0.1) is 0 Å². The molecular weight excluding hydrogens is 388 g/mol. The van der Waals surface area contributed by atoms with Crippen molar-refractivity contribution in [2.75, 3.05) is 32.8 Å². The van der Waals surface area contributed by atoms with Crippen LogP contribution in [0.1, 0.15) is 44.7 Å². The van der Waals surface area contributed by atoms with Crippen LogP contribution in [-0.2, 0) is 21.4 Å². The Morgan fingerprint density at radius 3 is 2.00 bits per heavy atom. The zero-order valence-electron chi connectivity index (χ0n) is 19.0. The highest BCUT2D eigenvalue weighted by Gasteiger charge is 2.23. The van der Waals surface area contributed by atoms with Crippen LogP contribution in [0.2, 0.25) is 0 Å². The van der Waals surface area contributed by atoms with E-state index in [4.69, 9.17) is 4.74 Å². The molecular formula is C26H34N2O3. The van der Waals surface area contributed by atoms with E-state index in [1.807, 2.05) is 52.3 Å². The fourth-order valence-electron chi connectivity index (χ4n) is 3.71. The lowest BCUT2D eigenvalue weighted by atomic mass is 9.87. The molecule has 0 radical (unpaired) electrons. The maximum Gasteiger partial charge on any atom is 0.227 e. The van der Waals surface area contributed by atoms with Gasteiger partial charge in [-0.25, -0.2) is 0 Å². The average molecular weight is 423 g/mol. The second kappa shape index (κ2) is 10.5. The first-order valence-electron chi connectivity index (χ1n) is 11.2. The van der Waals surface area contributed by atoms with Crippen LogP contribution in [0.25, 0.3) is 0 Å². The number of piperazine rings is 1. The molecule has 0 unspecified atom stereocenters. The van der Waals surface area contributed by atoms with Crippen molar-refractivity contribution in [2.45, 2.75) is 45.4 Å². The van der Waals surface area contributed by atoms with Crippen molar-refractivity contribution < 1.29 is 14.3 Å². The summed E-state index contributed by atoms with van der Waals surface area (Å²) >= 11 is 0. The van der Waals surface area contributed by atoms with Crippen LogP contribution in [0.3, 0.4) is 0 Å². The van der Waals surface area contributed by atoms with E-state index in [0.29, 0.717) is 52.0 Å². The number of ether oxygens (including phenoxy) is 1. The second-order valence-corrected chi connectivity index (χ2v) is 9.15. The Kier molecular flexibility index (Phi) is 7.72. The normalized spacial score (nSPS) is 14.4. The minimum Gasteiger partial charge on any atom is -0.494 e. The van der Waals surface area contributed by atoms with Gasteiger partial charge in [0.15, 0.2) is 0 Å². The highest BCUT2D eigenvalue weighted by atomic mass is 16.5. The molecule has 3 rings (SSSR count).